The molecule has 1 aromatic heterocycles. The number of carboxylic acids is 1. The summed E-state index contributed by atoms with van der Waals surface area (Å²) in [4.78, 5) is 16.7. The van der Waals surface area contributed by atoms with E-state index >= 15 is 0 Å². The van der Waals surface area contributed by atoms with Gasteiger partial charge in [-0.3, -0.25) is 4.98 Å². The van der Waals surface area contributed by atoms with E-state index in [1.807, 2.05) is 11.9 Å². The maximum absolute atomic E-state index is 12.8. The van der Waals surface area contributed by atoms with Crippen molar-refractivity contribution in [2.45, 2.75) is 6.54 Å². The summed E-state index contributed by atoms with van der Waals surface area (Å²) >= 11 is 0. The van der Waals surface area contributed by atoms with Gasteiger partial charge in [0.2, 0.25) is 0 Å². The van der Waals surface area contributed by atoms with E-state index in [2.05, 4.69) is 4.98 Å². The van der Waals surface area contributed by atoms with Crippen molar-refractivity contribution in [2.75, 3.05) is 11.9 Å². The number of benzene rings is 1. The molecule has 0 fully saturated rings. The number of pyridine rings is 1. The van der Waals surface area contributed by atoms with Crippen LogP contribution in [0.4, 0.5) is 10.1 Å². The van der Waals surface area contributed by atoms with E-state index in [1.165, 1.54) is 24.4 Å². The second-order valence-electron chi connectivity index (χ2n) is 4.18. The van der Waals surface area contributed by atoms with E-state index in [0.717, 1.165) is 11.4 Å². The fraction of sp³-hybridized carbons (Fsp3) is 0.143. The summed E-state index contributed by atoms with van der Waals surface area (Å²) in [6.45, 7) is 0.519. The van der Waals surface area contributed by atoms with E-state index in [9.17, 15) is 9.18 Å². The molecule has 0 unspecified atom stereocenters. The molecule has 0 radical (unpaired) electrons. The highest BCUT2D eigenvalue weighted by Gasteiger charge is 2.06. The van der Waals surface area contributed by atoms with Gasteiger partial charge in [-0.2, -0.15) is 0 Å². The van der Waals surface area contributed by atoms with E-state index < -0.39 is 5.97 Å². The smallest absolute Gasteiger partial charge is 0.337 e. The monoisotopic (exact) mass is 260 g/mol. The Hall–Kier alpha value is -2.43. The lowest BCUT2D eigenvalue weighted by Crippen LogP contribution is -2.17. The zero-order chi connectivity index (χ0) is 13.8. The van der Waals surface area contributed by atoms with Gasteiger partial charge in [0.1, 0.15) is 5.82 Å². The fourth-order valence-electron chi connectivity index (χ4n) is 1.67. The lowest BCUT2D eigenvalue weighted by molar-refractivity contribution is 0.0696. The normalized spacial score (nSPS) is 10.2. The van der Waals surface area contributed by atoms with Gasteiger partial charge in [0.25, 0.3) is 0 Å². The molecule has 4 nitrogen and oxygen atoms in total. The first kappa shape index (κ1) is 13.0. The molecule has 1 heterocycles. The average Bonchev–Trinajstić information content (AvgIpc) is 2.40. The molecule has 0 aliphatic rings. The molecule has 19 heavy (non-hydrogen) atoms. The molecule has 0 saturated carbocycles. The standard InChI is InChI=1S/C14H13FN2O2/c1-17(13-6-3-11(15)4-7-13)9-12-5-2-10(8-16-12)14(18)19/h2-8H,9H2,1H3,(H,18,19). The maximum atomic E-state index is 12.8. The first-order chi connectivity index (χ1) is 9.06. The third kappa shape index (κ3) is 3.28. The predicted octanol–water partition coefficient (Wildman–Crippen LogP) is 2.56. The first-order valence-corrected chi connectivity index (χ1v) is 5.71. The van der Waals surface area contributed by atoms with Crippen molar-refractivity contribution in [3.8, 4) is 0 Å². The largest absolute Gasteiger partial charge is 0.478 e. The topological polar surface area (TPSA) is 53.4 Å². The molecule has 0 spiro atoms. The Morgan fingerprint density at radius 2 is 1.95 bits per heavy atom. The molecule has 98 valence electrons. The summed E-state index contributed by atoms with van der Waals surface area (Å²) in [5.74, 6) is -1.27. The third-order valence-corrected chi connectivity index (χ3v) is 2.74. The highest BCUT2D eigenvalue weighted by Crippen LogP contribution is 2.15. The van der Waals surface area contributed by atoms with Gasteiger partial charge in [-0.25, -0.2) is 9.18 Å². The van der Waals surface area contributed by atoms with Crippen LogP contribution in [0.2, 0.25) is 0 Å². The number of hydrogen-bond acceptors (Lipinski definition) is 3. The SMILES string of the molecule is CN(Cc1ccc(C(=O)O)cn1)c1ccc(F)cc1. The summed E-state index contributed by atoms with van der Waals surface area (Å²) < 4.78 is 12.8. The van der Waals surface area contributed by atoms with Crippen LogP contribution in [0.15, 0.2) is 42.6 Å². The second kappa shape index (κ2) is 5.48. The third-order valence-electron chi connectivity index (χ3n) is 2.74. The molecule has 0 aliphatic carbocycles. The summed E-state index contributed by atoms with van der Waals surface area (Å²) in [7, 11) is 1.86. The maximum Gasteiger partial charge on any atom is 0.337 e. The molecule has 1 N–H and O–H groups in total. The van der Waals surface area contributed by atoms with Crippen LogP contribution in [0.5, 0.6) is 0 Å². The van der Waals surface area contributed by atoms with Crippen LogP contribution < -0.4 is 4.90 Å². The average molecular weight is 260 g/mol. The minimum absolute atomic E-state index is 0.160. The Kier molecular flexibility index (Phi) is 3.75. The van der Waals surface area contributed by atoms with Crippen LogP contribution in [-0.4, -0.2) is 23.1 Å². The van der Waals surface area contributed by atoms with Crippen molar-refractivity contribution in [1.82, 2.24) is 4.98 Å². The number of halogens is 1. The zero-order valence-corrected chi connectivity index (χ0v) is 10.4. The molecule has 2 aromatic rings. The molecular weight excluding hydrogens is 247 g/mol. The number of anilines is 1. The zero-order valence-electron chi connectivity index (χ0n) is 10.4. The van der Waals surface area contributed by atoms with Crippen molar-refractivity contribution in [2.24, 2.45) is 0 Å². The van der Waals surface area contributed by atoms with Crippen LogP contribution in [0.3, 0.4) is 0 Å². The van der Waals surface area contributed by atoms with Gasteiger partial charge in [0, 0.05) is 18.9 Å². The Bertz CT molecular complexity index is 567. The molecule has 0 atom stereocenters. The van der Waals surface area contributed by atoms with Crippen LogP contribution in [0.25, 0.3) is 0 Å². The van der Waals surface area contributed by atoms with Crippen LogP contribution in [0, 0.1) is 5.82 Å². The van der Waals surface area contributed by atoms with E-state index in [0.29, 0.717) is 6.54 Å². The molecule has 5 heteroatoms. The minimum atomic E-state index is -0.995. The van der Waals surface area contributed by atoms with Gasteiger partial charge in [0.05, 0.1) is 17.8 Å². The van der Waals surface area contributed by atoms with Crippen LogP contribution in [0.1, 0.15) is 16.1 Å². The van der Waals surface area contributed by atoms with Gasteiger partial charge < -0.3 is 10.0 Å². The van der Waals surface area contributed by atoms with E-state index in [-0.39, 0.29) is 11.4 Å². The fourth-order valence-corrected chi connectivity index (χ4v) is 1.67. The number of rotatable bonds is 4. The number of hydrogen-bond donors (Lipinski definition) is 1. The summed E-state index contributed by atoms with van der Waals surface area (Å²) in [6.07, 6.45) is 1.33. The minimum Gasteiger partial charge on any atom is -0.478 e. The Morgan fingerprint density at radius 1 is 1.26 bits per heavy atom. The first-order valence-electron chi connectivity index (χ1n) is 5.71. The Balaban J connectivity index is 2.08. The summed E-state index contributed by atoms with van der Waals surface area (Å²) in [5.41, 5.74) is 1.77. The van der Waals surface area contributed by atoms with Gasteiger partial charge in [-0.05, 0) is 36.4 Å². The predicted molar refractivity (Wildman–Crippen MR) is 69.7 cm³/mol. The second-order valence-corrected chi connectivity index (χ2v) is 4.18. The Morgan fingerprint density at radius 3 is 2.47 bits per heavy atom. The Labute approximate surface area is 110 Å². The van der Waals surface area contributed by atoms with Crippen molar-refractivity contribution >= 4 is 11.7 Å². The van der Waals surface area contributed by atoms with Crippen molar-refractivity contribution in [3.63, 3.8) is 0 Å². The number of carboxylic acid groups (broad SMARTS) is 1. The van der Waals surface area contributed by atoms with Gasteiger partial charge >= 0.3 is 5.97 Å². The molecule has 0 bridgehead atoms. The molecule has 1 aromatic carbocycles. The molecule has 0 amide bonds. The van der Waals surface area contributed by atoms with Crippen LogP contribution in [-0.2, 0) is 6.54 Å². The number of nitrogens with zero attached hydrogens (tertiary/aromatic N) is 2. The quantitative estimate of drug-likeness (QED) is 0.917. The molecule has 0 aliphatic heterocycles. The molecule has 0 saturated heterocycles. The van der Waals surface area contributed by atoms with Gasteiger partial charge in [0.15, 0.2) is 0 Å². The summed E-state index contributed by atoms with van der Waals surface area (Å²) in [5, 5.41) is 8.78. The lowest BCUT2D eigenvalue weighted by atomic mass is 10.2. The van der Waals surface area contributed by atoms with E-state index in [4.69, 9.17) is 5.11 Å². The number of carbonyl (C=O) groups is 1. The van der Waals surface area contributed by atoms with Crippen molar-refractivity contribution in [1.29, 1.82) is 0 Å². The molecular formula is C14H13FN2O2. The molecule has 2 rings (SSSR count). The lowest BCUT2D eigenvalue weighted by Gasteiger charge is -2.18. The number of aromatic carboxylic acids is 1. The number of aromatic nitrogens is 1. The van der Waals surface area contributed by atoms with E-state index in [1.54, 1.807) is 18.2 Å². The highest BCUT2D eigenvalue weighted by atomic mass is 19.1. The van der Waals surface area contributed by atoms with Crippen molar-refractivity contribution < 1.29 is 14.3 Å². The summed E-state index contributed by atoms with van der Waals surface area (Å²) in [6, 6.07) is 9.34. The van der Waals surface area contributed by atoms with Crippen molar-refractivity contribution in [3.05, 3.63) is 59.7 Å². The van der Waals surface area contributed by atoms with Gasteiger partial charge in [-0.15, -0.1) is 0 Å². The highest BCUT2D eigenvalue weighted by molar-refractivity contribution is 5.87. The van der Waals surface area contributed by atoms with Gasteiger partial charge in [-0.1, -0.05) is 0 Å². The van der Waals surface area contributed by atoms with Crippen LogP contribution >= 0.6 is 0 Å².